The molecule has 0 amide bonds. The summed E-state index contributed by atoms with van der Waals surface area (Å²) in [5, 5.41) is 11.6. The molecule has 1 aliphatic rings. The largest absolute Gasteiger partial charge is 0.324 e. The summed E-state index contributed by atoms with van der Waals surface area (Å²) in [6, 6.07) is 5.24. The lowest BCUT2D eigenvalue weighted by Gasteiger charge is -2.05. The van der Waals surface area contributed by atoms with E-state index in [2.05, 4.69) is 20.5 Å². The lowest BCUT2D eigenvalue weighted by atomic mass is 10.1. The van der Waals surface area contributed by atoms with Crippen LogP contribution in [0.25, 0.3) is 11.4 Å². The third-order valence-corrected chi connectivity index (χ3v) is 3.42. The number of halogens is 1. The first kappa shape index (κ1) is 11.3. The third-order valence-electron chi connectivity index (χ3n) is 3.42. The maximum atomic E-state index is 13.5. The summed E-state index contributed by atoms with van der Waals surface area (Å²) < 4.78 is 13.5. The molecule has 1 aliphatic heterocycles. The topological polar surface area (TPSA) is 53.6 Å². The van der Waals surface area contributed by atoms with Crippen LogP contribution in [0, 0.1) is 12.7 Å². The van der Waals surface area contributed by atoms with Gasteiger partial charge in [-0.3, -0.25) is 0 Å². The number of rotatable bonds is 2. The van der Waals surface area contributed by atoms with Crippen molar-refractivity contribution < 1.29 is 4.39 Å². The highest BCUT2D eigenvalue weighted by molar-refractivity contribution is 5.59. The van der Waals surface area contributed by atoms with Gasteiger partial charge < -0.3 is 10.3 Å². The minimum Gasteiger partial charge on any atom is -0.324 e. The van der Waals surface area contributed by atoms with Crippen molar-refractivity contribution in [1.29, 1.82) is 0 Å². The fourth-order valence-electron chi connectivity index (χ4n) is 2.34. The second-order valence-corrected chi connectivity index (χ2v) is 4.62. The van der Waals surface area contributed by atoms with E-state index in [1.54, 1.807) is 13.0 Å². The van der Waals surface area contributed by atoms with Crippen molar-refractivity contribution in [3.8, 4) is 11.4 Å². The molecule has 0 spiro atoms. The van der Waals surface area contributed by atoms with E-state index < -0.39 is 0 Å². The van der Waals surface area contributed by atoms with Crippen molar-refractivity contribution in [3.05, 3.63) is 35.4 Å². The number of aromatic amines is 1. The maximum absolute atomic E-state index is 13.5. The lowest BCUT2D eigenvalue weighted by molar-refractivity contribution is 0.608. The Labute approximate surface area is 105 Å². The van der Waals surface area contributed by atoms with E-state index in [1.807, 2.05) is 6.07 Å². The molecule has 1 aromatic carbocycles. The molecule has 0 saturated carbocycles. The first-order valence-electron chi connectivity index (χ1n) is 6.17. The Morgan fingerprint density at radius 2 is 2.22 bits per heavy atom. The number of nitrogens with one attached hydrogen (secondary N) is 2. The standard InChI is InChI=1S/C13H15FN4/c1-8-9(4-2-5-10(8)14)12-16-13(18-17-12)11-6-3-7-15-11/h2,4-5,11,15H,3,6-7H2,1H3,(H,16,17,18). The minimum atomic E-state index is -0.218. The predicted molar refractivity (Wildman–Crippen MR) is 66.5 cm³/mol. The van der Waals surface area contributed by atoms with Crippen molar-refractivity contribution >= 4 is 0 Å². The van der Waals surface area contributed by atoms with E-state index in [9.17, 15) is 4.39 Å². The molecule has 0 bridgehead atoms. The van der Waals surface area contributed by atoms with Crippen LogP contribution >= 0.6 is 0 Å². The summed E-state index contributed by atoms with van der Waals surface area (Å²) in [5.41, 5.74) is 1.37. The highest BCUT2D eigenvalue weighted by Crippen LogP contribution is 2.25. The molecule has 0 aliphatic carbocycles. The second-order valence-electron chi connectivity index (χ2n) is 4.62. The molecular weight excluding hydrogens is 231 g/mol. The summed E-state index contributed by atoms with van der Waals surface area (Å²) in [4.78, 5) is 3.19. The first-order valence-corrected chi connectivity index (χ1v) is 6.17. The zero-order valence-electron chi connectivity index (χ0n) is 10.2. The molecule has 2 N–H and O–H groups in total. The number of nitrogens with zero attached hydrogens (tertiary/aromatic N) is 2. The molecule has 1 aromatic heterocycles. The molecule has 1 fully saturated rings. The molecule has 4 nitrogen and oxygen atoms in total. The van der Waals surface area contributed by atoms with Gasteiger partial charge in [0.15, 0.2) is 5.82 Å². The van der Waals surface area contributed by atoms with Gasteiger partial charge in [-0.15, -0.1) is 10.2 Å². The number of hydrogen-bond donors (Lipinski definition) is 2. The SMILES string of the molecule is Cc1c(F)cccc1-c1nnc(C2CCCN2)[nH]1. The van der Waals surface area contributed by atoms with Gasteiger partial charge in [0.2, 0.25) is 0 Å². The molecule has 3 rings (SSSR count). The molecule has 1 atom stereocenters. The number of benzene rings is 1. The summed E-state index contributed by atoms with van der Waals surface area (Å²) in [6.45, 7) is 2.76. The molecule has 0 radical (unpaired) electrons. The normalized spacial score (nSPS) is 19.3. The summed E-state index contributed by atoms with van der Waals surface area (Å²) in [5.74, 6) is 1.26. The Bertz CT molecular complexity index is 558. The van der Waals surface area contributed by atoms with Crippen molar-refractivity contribution in [2.45, 2.75) is 25.8 Å². The quantitative estimate of drug-likeness (QED) is 0.855. The molecule has 2 heterocycles. The zero-order valence-corrected chi connectivity index (χ0v) is 10.2. The van der Waals surface area contributed by atoms with E-state index in [1.165, 1.54) is 6.07 Å². The van der Waals surface area contributed by atoms with Gasteiger partial charge >= 0.3 is 0 Å². The van der Waals surface area contributed by atoms with Crippen molar-refractivity contribution in [2.75, 3.05) is 6.54 Å². The molecule has 1 saturated heterocycles. The number of hydrogen-bond acceptors (Lipinski definition) is 3. The Morgan fingerprint density at radius 1 is 1.33 bits per heavy atom. The van der Waals surface area contributed by atoms with E-state index in [0.717, 1.165) is 30.8 Å². The molecular formula is C13H15FN4. The number of H-pyrrole nitrogens is 1. The Hall–Kier alpha value is -1.75. The van der Waals surface area contributed by atoms with Crippen LogP contribution in [0.15, 0.2) is 18.2 Å². The fraction of sp³-hybridized carbons (Fsp3) is 0.385. The summed E-state index contributed by atoms with van der Waals surface area (Å²) >= 11 is 0. The van der Waals surface area contributed by atoms with Crippen LogP contribution in [-0.2, 0) is 0 Å². The van der Waals surface area contributed by atoms with Crippen LogP contribution in [0.3, 0.4) is 0 Å². The Morgan fingerprint density at radius 3 is 3.00 bits per heavy atom. The summed E-state index contributed by atoms with van der Waals surface area (Å²) in [7, 11) is 0. The van der Waals surface area contributed by atoms with Gasteiger partial charge in [-0.05, 0) is 37.9 Å². The highest BCUT2D eigenvalue weighted by atomic mass is 19.1. The predicted octanol–water partition coefficient (Wildman–Crippen LogP) is 2.34. The number of aromatic nitrogens is 3. The van der Waals surface area contributed by atoms with Gasteiger partial charge in [-0.25, -0.2) is 4.39 Å². The van der Waals surface area contributed by atoms with Crippen LogP contribution in [0.4, 0.5) is 4.39 Å². The average molecular weight is 246 g/mol. The molecule has 18 heavy (non-hydrogen) atoms. The van der Waals surface area contributed by atoms with Crippen LogP contribution in [0.5, 0.6) is 0 Å². The van der Waals surface area contributed by atoms with Gasteiger partial charge in [-0.1, -0.05) is 12.1 Å². The van der Waals surface area contributed by atoms with Gasteiger partial charge in [0.1, 0.15) is 11.6 Å². The van der Waals surface area contributed by atoms with E-state index in [-0.39, 0.29) is 11.9 Å². The smallest absolute Gasteiger partial charge is 0.161 e. The second kappa shape index (κ2) is 4.49. The highest BCUT2D eigenvalue weighted by Gasteiger charge is 2.20. The molecule has 1 unspecified atom stereocenters. The molecule has 94 valence electrons. The van der Waals surface area contributed by atoms with Crippen LogP contribution < -0.4 is 5.32 Å². The van der Waals surface area contributed by atoms with Crippen molar-refractivity contribution in [1.82, 2.24) is 20.5 Å². The zero-order chi connectivity index (χ0) is 12.5. The van der Waals surface area contributed by atoms with Gasteiger partial charge in [0.05, 0.1) is 6.04 Å². The van der Waals surface area contributed by atoms with Gasteiger partial charge in [-0.2, -0.15) is 0 Å². The average Bonchev–Trinajstić information content (AvgIpc) is 3.01. The van der Waals surface area contributed by atoms with E-state index in [4.69, 9.17) is 0 Å². The van der Waals surface area contributed by atoms with Crippen LogP contribution in [0.1, 0.15) is 30.3 Å². The monoisotopic (exact) mass is 246 g/mol. The van der Waals surface area contributed by atoms with Crippen molar-refractivity contribution in [2.24, 2.45) is 0 Å². The first-order chi connectivity index (χ1) is 8.75. The fourth-order valence-corrected chi connectivity index (χ4v) is 2.34. The molecule has 2 aromatic rings. The lowest BCUT2D eigenvalue weighted by Crippen LogP contribution is -2.14. The van der Waals surface area contributed by atoms with Gasteiger partial charge in [0, 0.05) is 5.56 Å². The van der Waals surface area contributed by atoms with Gasteiger partial charge in [0.25, 0.3) is 0 Å². The molecule has 5 heteroatoms. The van der Waals surface area contributed by atoms with Crippen LogP contribution in [-0.4, -0.2) is 21.7 Å². The summed E-state index contributed by atoms with van der Waals surface area (Å²) in [6.07, 6.45) is 2.22. The van der Waals surface area contributed by atoms with E-state index in [0.29, 0.717) is 11.4 Å². The Kier molecular flexibility index (Phi) is 2.83. The van der Waals surface area contributed by atoms with Crippen molar-refractivity contribution in [3.63, 3.8) is 0 Å². The maximum Gasteiger partial charge on any atom is 0.161 e. The minimum absolute atomic E-state index is 0.218. The van der Waals surface area contributed by atoms with Crippen LogP contribution in [0.2, 0.25) is 0 Å². The third kappa shape index (κ3) is 1.90. The Balaban J connectivity index is 1.95. The van der Waals surface area contributed by atoms with E-state index >= 15 is 0 Å².